The zero-order valence-corrected chi connectivity index (χ0v) is 16.4. The van der Waals surface area contributed by atoms with Crippen molar-refractivity contribution < 1.29 is 23.8 Å². The molecule has 0 aliphatic carbocycles. The molecule has 29 heavy (non-hydrogen) atoms. The minimum absolute atomic E-state index is 0.0745. The lowest BCUT2D eigenvalue weighted by Crippen LogP contribution is -2.14. The monoisotopic (exact) mass is 434 g/mol. The summed E-state index contributed by atoms with van der Waals surface area (Å²) in [7, 11) is 0. The molecule has 2 aromatic carbocycles. The number of hydrogen-bond acceptors (Lipinski definition) is 4. The second kappa shape index (κ2) is 8.46. The summed E-state index contributed by atoms with van der Waals surface area (Å²) in [6.07, 6.45) is 1.21. The van der Waals surface area contributed by atoms with Crippen LogP contribution in [-0.2, 0) is 0 Å². The fourth-order valence-electron chi connectivity index (χ4n) is 2.43. The number of pyridine rings is 1. The van der Waals surface area contributed by atoms with Crippen LogP contribution in [0, 0.1) is 12.7 Å². The van der Waals surface area contributed by atoms with E-state index in [1.165, 1.54) is 48.7 Å². The molecule has 0 radical (unpaired) electrons. The van der Waals surface area contributed by atoms with Crippen LogP contribution in [0.1, 0.15) is 26.4 Å². The van der Waals surface area contributed by atoms with Gasteiger partial charge in [-0.05, 0) is 48.9 Å². The Morgan fingerprint density at radius 2 is 1.79 bits per heavy atom. The Balaban J connectivity index is 1.92. The second-order valence-electron chi connectivity index (χ2n) is 5.97. The smallest absolute Gasteiger partial charge is 0.354 e. The number of carboxylic acid groups (broad SMARTS) is 1. The molecule has 0 unspecified atom stereocenters. The Kier molecular flexibility index (Phi) is 6.00. The number of ether oxygens (including phenoxy) is 1. The van der Waals surface area contributed by atoms with E-state index in [0.717, 1.165) is 0 Å². The average Bonchev–Trinajstić information content (AvgIpc) is 2.67. The van der Waals surface area contributed by atoms with Crippen molar-refractivity contribution in [2.24, 2.45) is 0 Å². The van der Waals surface area contributed by atoms with Crippen LogP contribution in [0.15, 0.2) is 48.7 Å². The maximum Gasteiger partial charge on any atom is 0.354 e. The third-order valence-corrected chi connectivity index (χ3v) is 4.59. The molecule has 1 heterocycles. The van der Waals surface area contributed by atoms with Crippen LogP contribution in [0.2, 0.25) is 10.0 Å². The standard InChI is InChI=1S/C20H13Cl2FN2O4/c1-10-6-11(23)2-5-17(10)29-18-8-15(22)14(21)7-13(18)19(26)25-12-3-4-16(20(27)28)24-9-12/h2-9H,1H3,(H,25,26)(H,27,28). The van der Waals surface area contributed by atoms with E-state index in [1.807, 2.05) is 0 Å². The van der Waals surface area contributed by atoms with Crippen molar-refractivity contribution in [3.8, 4) is 11.5 Å². The number of aromatic nitrogens is 1. The third-order valence-electron chi connectivity index (χ3n) is 3.86. The Bertz CT molecular complexity index is 1100. The highest BCUT2D eigenvalue weighted by molar-refractivity contribution is 6.42. The molecule has 1 aromatic heterocycles. The minimum Gasteiger partial charge on any atom is -0.477 e. The van der Waals surface area contributed by atoms with Crippen LogP contribution < -0.4 is 10.1 Å². The van der Waals surface area contributed by atoms with Gasteiger partial charge >= 0.3 is 5.97 Å². The summed E-state index contributed by atoms with van der Waals surface area (Å²) in [6, 6.07) is 9.34. The van der Waals surface area contributed by atoms with Crippen LogP contribution in [-0.4, -0.2) is 22.0 Å². The molecule has 0 saturated carbocycles. The first-order valence-corrected chi connectivity index (χ1v) is 8.94. The van der Waals surface area contributed by atoms with Crippen LogP contribution in [0.5, 0.6) is 11.5 Å². The molecule has 6 nitrogen and oxygen atoms in total. The molecule has 0 saturated heterocycles. The molecule has 2 N–H and O–H groups in total. The molecule has 3 rings (SSSR count). The number of aryl methyl sites for hydroxylation is 1. The predicted molar refractivity (Wildman–Crippen MR) is 107 cm³/mol. The van der Waals surface area contributed by atoms with Crippen LogP contribution in [0.3, 0.4) is 0 Å². The summed E-state index contributed by atoms with van der Waals surface area (Å²) in [5.74, 6) is -1.73. The highest BCUT2D eigenvalue weighted by Crippen LogP contribution is 2.35. The van der Waals surface area contributed by atoms with Crippen molar-refractivity contribution in [3.05, 3.63) is 81.3 Å². The lowest BCUT2D eigenvalue weighted by Gasteiger charge is -2.14. The van der Waals surface area contributed by atoms with Crippen molar-refractivity contribution in [2.75, 3.05) is 5.32 Å². The SMILES string of the molecule is Cc1cc(F)ccc1Oc1cc(Cl)c(Cl)cc1C(=O)Nc1ccc(C(=O)O)nc1. The van der Waals surface area contributed by atoms with Crippen molar-refractivity contribution >= 4 is 40.8 Å². The van der Waals surface area contributed by atoms with Crippen LogP contribution in [0.4, 0.5) is 10.1 Å². The molecule has 0 atom stereocenters. The Morgan fingerprint density at radius 3 is 2.41 bits per heavy atom. The maximum atomic E-state index is 13.3. The average molecular weight is 435 g/mol. The number of nitrogens with zero attached hydrogens (tertiary/aromatic N) is 1. The van der Waals surface area contributed by atoms with Gasteiger partial charge in [-0.25, -0.2) is 14.2 Å². The summed E-state index contributed by atoms with van der Waals surface area (Å²) in [5, 5.41) is 11.8. The molecular formula is C20H13Cl2FN2O4. The Labute approximate surface area is 174 Å². The number of carbonyl (C=O) groups is 2. The third kappa shape index (κ3) is 4.82. The number of anilines is 1. The number of rotatable bonds is 5. The number of halogens is 3. The largest absolute Gasteiger partial charge is 0.477 e. The number of benzene rings is 2. The highest BCUT2D eigenvalue weighted by atomic mass is 35.5. The topological polar surface area (TPSA) is 88.5 Å². The number of carboxylic acids is 1. The van der Waals surface area contributed by atoms with Crippen molar-refractivity contribution in [1.82, 2.24) is 4.98 Å². The normalized spacial score (nSPS) is 10.5. The molecule has 0 aliphatic rings. The summed E-state index contributed by atoms with van der Waals surface area (Å²) in [6.45, 7) is 1.66. The lowest BCUT2D eigenvalue weighted by atomic mass is 10.1. The fraction of sp³-hybridized carbons (Fsp3) is 0.0500. The molecule has 0 bridgehead atoms. The molecular weight excluding hydrogens is 422 g/mol. The summed E-state index contributed by atoms with van der Waals surface area (Å²) < 4.78 is 19.1. The van der Waals surface area contributed by atoms with Crippen molar-refractivity contribution in [1.29, 1.82) is 0 Å². The van der Waals surface area contributed by atoms with Gasteiger partial charge < -0.3 is 15.2 Å². The van der Waals surface area contributed by atoms with Gasteiger partial charge in [0.2, 0.25) is 0 Å². The van der Waals surface area contributed by atoms with Crippen LogP contribution >= 0.6 is 23.2 Å². The van der Waals surface area contributed by atoms with E-state index in [0.29, 0.717) is 11.3 Å². The molecule has 0 spiro atoms. The lowest BCUT2D eigenvalue weighted by molar-refractivity contribution is 0.0690. The van der Waals surface area contributed by atoms with E-state index < -0.39 is 17.7 Å². The van der Waals surface area contributed by atoms with Gasteiger partial charge in [-0.15, -0.1) is 0 Å². The van der Waals surface area contributed by atoms with Gasteiger partial charge in [-0.2, -0.15) is 0 Å². The van der Waals surface area contributed by atoms with Crippen molar-refractivity contribution in [2.45, 2.75) is 6.92 Å². The van der Waals surface area contributed by atoms with E-state index in [4.69, 9.17) is 33.0 Å². The van der Waals surface area contributed by atoms with Gasteiger partial charge in [0.25, 0.3) is 5.91 Å². The van der Waals surface area contributed by atoms with E-state index in [2.05, 4.69) is 10.3 Å². The van der Waals surface area contributed by atoms with Gasteiger partial charge in [-0.3, -0.25) is 4.79 Å². The van der Waals surface area contributed by atoms with E-state index >= 15 is 0 Å². The Hall–Kier alpha value is -3.16. The minimum atomic E-state index is -1.18. The van der Waals surface area contributed by atoms with E-state index in [1.54, 1.807) is 6.92 Å². The first-order chi connectivity index (χ1) is 13.7. The van der Waals surface area contributed by atoms with Gasteiger partial charge in [0.05, 0.1) is 27.5 Å². The molecule has 1 amide bonds. The number of hydrogen-bond donors (Lipinski definition) is 2. The number of nitrogens with one attached hydrogen (secondary N) is 1. The zero-order chi connectivity index (χ0) is 21.1. The summed E-state index contributed by atoms with van der Waals surface area (Å²) >= 11 is 12.1. The number of carbonyl (C=O) groups excluding carboxylic acids is 1. The maximum absolute atomic E-state index is 13.3. The first kappa shape index (κ1) is 20.6. The van der Waals surface area contributed by atoms with E-state index in [9.17, 15) is 14.0 Å². The van der Waals surface area contributed by atoms with Gasteiger partial charge in [0, 0.05) is 6.07 Å². The van der Waals surface area contributed by atoms with Gasteiger partial charge in [0.1, 0.15) is 23.0 Å². The van der Waals surface area contributed by atoms with Gasteiger partial charge in [0.15, 0.2) is 0 Å². The van der Waals surface area contributed by atoms with Crippen LogP contribution in [0.25, 0.3) is 0 Å². The highest BCUT2D eigenvalue weighted by Gasteiger charge is 2.18. The fourth-order valence-corrected chi connectivity index (χ4v) is 2.75. The number of amides is 1. The first-order valence-electron chi connectivity index (χ1n) is 8.18. The predicted octanol–water partition coefficient (Wildman–Crippen LogP) is 5.58. The Morgan fingerprint density at radius 1 is 1.07 bits per heavy atom. The van der Waals surface area contributed by atoms with Crippen molar-refractivity contribution in [3.63, 3.8) is 0 Å². The second-order valence-corrected chi connectivity index (χ2v) is 6.78. The molecule has 9 heteroatoms. The quantitative estimate of drug-likeness (QED) is 0.547. The molecule has 0 aliphatic heterocycles. The zero-order valence-electron chi connectivity index (χ0n) is 14.9. The van der Waals surface area contributed by atoms with E-state index in [-0.39, 0.29) is 32.7 Å². The van der Waals surface area contributed by atoms with Gasteiger partial charge in [-0.1, -0.05) is 23.2 Å². The molecule has 0 fully saturated rings. The summed E-state index contributed by atoms with van der Waals surface area (Å²) in [5.41, 5.74) is 0.713. The molecule has 3 aromatic rings. The molecule has 148 valence electrons. The summed E-state index contributed by atoms with van der Waals surface area (Å²) in [4.78, 5) is 27.4. The number of aromatic carboxylic acids is 1.